The monoisotopic (exact) mass is 570 g/mol. The number of piperazine rings is 1. The van der Waals surface area contributed by atoms with Crippen LogP contribution in [0.25, 0.3) is 32.9 Å². The highest BCUT2D eigenvalue weighted by Gasteiger charge is 2.45. The molecule has 0 bridgehead atoms. The second kappa shape index (κ2) is 10.6. The van der Waals surface area contributed by atoms with Crippen LogP contribution in [0.5, 0.6) is 11.8 Å². The predicted molar refractivity (Wildman–Crippen MR) is 164 cm³/mol. The summed E-state index contributed by atoms with van der Waals surface area (Å²) in [6.45, 7) is 8.67. The minimum absolute atomic E-state index is 0.0244. The third-order valence-corrected chi connectivity index (χ3v) is 9.98. The zero-order valence-electron chi connectivity index (χ0n) is 24.7. The van der Waals surface area contributed by atoms with E-state index in [2.05, 4.69) is 40.6 Å². The fourth-order valence-electron chi connectivity index (χ4n) is 7.52. The molecule has 2 aromatic heterocycles. The smallest absolute Gasteiger partial charge is 0.319 e. The zero-order chi connectivity index (χ0) is 29.0. The van der Waals surface area contributed by atoms with Crippen molar-refractivity contribution in [3.63, 3.8) is 0 Å². The number of nitrogens with zero attached hydrogens (tertiary/aromatic N) is 6. The summed E-state index contributed by atoms with van der Waals surface area (Å²) in [7, 11) is 2.17. The van der Waals surface area contributed by atoms with Gasteiger partial charge < -0.3 is 14.7 Å². The van der Waals surface area contributed by atoms with E-state index in [0.717, 1.165) is 56.2 Å². The van der Waals surface area contributed by atoms with Crippen LogP contribution in [0.3, 0.4) is 0 Å². The van der Waals surface area contributed by atoms with E-state index in [4.69, 9.17) is 14.7 Å². The maximum absolute atomic E-state index is 16.7. The number of phenols is 1. The molecule has 3 aliphatic rings. The van der Waals surface area contributed by atoms with Gasteiger partial charge in [0, 0.05) is 36.9 Å². The molecule has 3 saturated heterocycles. The molecule has 1 N–H and O–H groups in total. The Hall–Kier alpha value is -3.56. The van der Waals surface area contributed by atoms with Crippen molar-refractivity contribution in [3.05, 3.63) is 48.4 Å². The van der Waals surface area contributed by atoms with Crippen molar-refractivity contribution in [3.8, 4) is 23.0 Å². The van der Waals surface area contributed by atoms with Gasteiger partial charge in [-0.1, -0.05) is 31.2 Å². The van der Waals surface area contributed by atoms with Gasteiger partial charge in [-0.25, -0.2) is 4.39 Å². The molecule has 7 rings (SSSR count). The Morgan fingerprint density at radius 1 is 1.07 bits per heavy atom. The Morgan fingerprint density at radius 3 is 2.64 bits per heavy atom. The van der Waals surface area contributed by atoms with Crippen LogP contribution in [0.4, 0.5) is 10.2 Å². The average Bonchev–Trinajstić information content (AvgIpc) is 3.58. The predicted octanol–water partition coefficient (Wildman–Crippen LogP) is 5.62. The van der Waals surface area contributed by atoms with Crippen molar-refractivity contribution in [2.45, 2.75) is 63.6 Å². The molecule has 3 fully saturated rings. The normalized spacial score (nSPS) is 22.7. The molecule has 42 heavy (non-hydrogen) atoms. The minimum Gasteiger partial charge on any atom is -0.508 e. The number of likely N-dealkylation sites (N-methyl/N-ethyl adjacent to an activating group) is 1. The summed E-state index contributed by atoms with van der Waals surface area (Å²) in [5, 5.41) is 12.7. The number of benzene rings is 2. The lowest BCUT2D eigenvalue weighted by atomic mass is 9.95. The summed E-state index contributed by atoms with van der Waals surface area (Å²) in [6.07, 6.45) is 7.25. The first-order valence-corrected chi connectivity index (χ1v) is 15.3. The highest BCUT2D eigenvalue weighted by atomic mass is 19.1. The third kappa shape index (κ3) is 4.54. The number of fused-ring (bicyclic) bond motifs is 3. The first-order chi connectivity index (χ1) is 20.4. The van der Waals surface area contributed by atoms with Crippen LogP contribution in [0.1, 0.15) is 46.0 Å². The van der Waals surface area contributed by atoms with Gasteiger partial charge in [-0.3, -0.25) is 14.8 Å². The highest BCUT2D eigenvalue weighted by molar-refractivity contribution is 5.99. The molecule has 9 heteroatoms. The van der Waals surface area contributed by atoms with Crippen molar-refractivity contribution in [1.29, 1.82) is 0 Å². The molecular weight excluding hydrogens is 531 g/mol. The number of pyridine rings is 1. The van der Waals surface area contributed by atoms with Crippen LogP contribution in [0.15, 0.2) is 42.6 Å². The molecule has 0 radical (unpaired) electrons. The summed E-state index contributed by atoms with van der Waals surface area (Å²) in [4.78, 5) is 21.5. The maximum atomic E-state index is 16.7. The van der Waals surface area contributed by atoms with Gasteiger partial charge in [0.25, 0.3) is 0 Å². The minimum atomic E-state index is -0.535. The summed E-state index contributed by atoms with van der Waals surface area (Å²) in [6, 6.07) is 11.7. The molecular formula is C33H39FN6O2. The van der Waals surface area contributed by atoms with Gasteiger partial charge in [-0.05, 0) is 82.1 Å². The lowest BCUT2D eigenvalue weighted by molar-refractivity contribution is 0.107. The Kier molecular flexibility index (Phi) is 6.89. The Balaban J connectivity index is 1.36. The molecule has 0 spiro atoms. The summed E-state index contributed by atoms with van der Waals surface area (Å²) in [5.41, 5.74) is 0.897. The lowest BCUT2D eigenvalue weighted by Crippen LogP contribution is -2.56. The standard InChI is InChI=1S/C33H39FN6O2/c1-4-23-19-39(18-21(2)38(23)3)31-27-17-35-29(26-16-24(41)15-22-9-5-6-10-25(22)26)28(34)30(27)36-32(37-31)42-20-33-11-7-13-40(33)14-8-12-33/h5-6,9-10,15-17,21,23,41H,4,7-8,11-14,18-20H2,1-3H3. The van der Waals surface area contributed by atoms with Gasteiger partial charge in [0.2, 0.25) is 0 Å². The van der Waals surface area contributed by atoms with Crippen LogP contribution in [0.2, 0.25) is 0 Å². The van der Waals surface area contributed by atoms with Crippen LogP contribution < -0.4 is 9.64 Å². The van der Waals surface area contributed by atoms with E-state index >= 15 is 4.39 Å². The number of anilines is 1. The fraction of sp³-hybridized carbons (Fsp3) is 0.485. The zero-order valence-corrected chi connectivity index (χ0v) is 24.7. The molecule has 2 atom stereocenters. The number of ether oxygens (including phenoxy) is 1. The van der Waals surface area contributed by atoms with Crippen LogP contribution >= 0.6 is 0 Å². The molecule has 220 valence electrons. The number of aromatic hydroxyl groups is 1. The van der Waals surface area contributed by atoms with Crippen molar-refractivity contribution >= 4 is 27.5 Å². The molecule has 0 amide bonds. The fourth-order valence-corrected chi connectivity index (χ4v) is 7.52. The van der Waals surface area contributed by atoms with Crippen LogP contribution in [-0.2, 0) is 0 Å². The van der Waals surface area contributed by atoms with E-state index in [1.807, 2.05) is 24.3 Å². The Labute approximate surface area is 246 Å². The van der Waals surface area contributed by atoms with Crippen LogP contribution in [0, 0.1) is 5.82 Å². The maximum Gasteiger partial charge on any atom is 0.319 e. The summed E-state index contributed by atoms with van der Waals surface area (Å²) < 4.78 is 23.1. The number of hydrogen-bond acceptors (Lipinski definition) is 8. The topological polar surface area (TPSA) is 77.8 Å². The molecule has 4 aromatic rings. The largest absolute Gasteiger partial charge is 0.508 e. The van der Waals surface area contributed by atoms with Gasteiger partial charge in [-0.15, -0.1) is 0 Å². The number of halogens is 1. The van der Waals surface area contributed by atoms with E-state index in [1.54, 1.807) is 18.3 Å². The highest BCUT2D eigenvalue weighted by Crippen LogP contribution is 2.40. The van der Waals surface area contributed by atoms with Gasteiger partial charge in [0.15, 0.2) is 5.82 Å². The number of phenolic OH excluding ortho intramolecular Hbond substituents is 1. The molecule has 2 unspecified atom stereocenters. The van der Waals surface area contributed by atoms with E-state index < -0.39 is 5.82 Å². The number of rotatable bonds is 6. The Morgan fingerprint density at radius 2 is 1.86 bits per heavy atom. The second-order valence-electron chi connectivity index (χ2n) is 12.4. The molecule has 0 saturated carbocycles. The van der Waals surface area contributed by atoms with Gasteiger partial charge >= 0.3 is 6.01 Å². The number of hydrogen-bond donors (Lipinski definition) is 1. The molecule has 5 heterocycles. The van der Waals surface area contributed by atoms with Crippen LogP contribution in [-0.4, -0.2) is 87.3 Å². The van der Waals surface area contributed by atoms with Gasteiger partial charge in [0.1, 0.15) is 29.4 Å². The van der Waals surface area contributed by atoms with E-state index in [0.29, 0.717) is 35.5 Å². The summed E-state index contributed by atoms with van der Waals surface area (Å²) in [5.74, 6) is 0.193. The second-order valence-corrected chi connectivity index (χ2v) is 12.4. The van der Waals surface area contributed by atoms with Crippen molar-refractivity contribution in [1.82, 2.24) is 24.8 Å². The lowest BCUT2D eigenvalue weighted by Gasteiger charge is -2.44. The average molecular weight is 571 g/mol. The Bertz CT molecular complexity index is 1640. The van der Waals surface area contributed by atoms with Crippen molar-refractivity contribution in [2.24, 2.45) is 0 Å². The molecule has 2 aromatic carbocycles. The molecule has 3 aliphatic heterocycles. The first-order valence-electron chi connectivity index (χ1n) is 15.3. The van der Waals surface area contributed by atoms with Crippen molar-refractivity contribution < 1.29 is 14.2 Å². The SMILES string of the molecule is CCC1CN(c2nc(OCC34CCCN3CCC4)nc3c(F)c(-c4cc(O)cc5ccccc45)ncc23)CC(C)N1C. The number of aromatic nitrogens is 3. The van der Waals surface area contributed by atoms with E-state index in [-0.39, 0.29) is 28.5 Å². The first kappa shape index (κ1) is 27.3. The molecule has 8 nitrogen and oxygen atoms in total. The van der Waals surface area contributed by atoms with E-state index in [9.17, 15) is 5.11 Å². The van der Waals surface area contributed by atoms with Crippen molar-refractivity contribution in [2.75, 3.05) is 44.7 Å². The summed E-state index contributed by atoms with van der Waals surface area (Å²) >= 11 is 0. The van der Waals surface area contributed by atoms with Gasteiger partial charge in [0.05, 0.1) is 10.9 Å². The van der Waals surface area contributed by atoms with E-state index in [1.165, 1.54) is 12.8 Å². The van der Waals surface area contributed by atoms with Gasteiger partial charge in [-0.2, -0.15) is 9.97 Å². The third-order valence-electron chi connectivity index (χ3n) is 9.98. The quantitative estimate of drug-likeness (QED) is 0.320. The molecule has 0 aliphatic carbocycles.